The van der Waals surface area contributed by atoms with Crippen LogP contribution in [0.1, 0.15) is 48.1 Å². The first kappa shape index (κ1) is 14.4. The van der Waals surface area contributed by atoms with Crippen LogP contribution in [0.4, 0.5) is 0 Å². The van der Waals surface area contributed by atoms with Gasteiger partial charge in [-0.1, -0.05) is 24.6 Å². The minimum Gasteiger partial charge on any atom is -0.246 e. The van der Waals surface area contributed by atoms with E-state index >= 15 is 0 Å². The second-order valence-corrected chi connectivity index (χ2v) is 7.87. The van der Waals surface area contributed by atoms with E-state index in [0.717, 1.165) is 30.5 Å². The van der Waals surface area contributed by atoms with Gasteiger partial charge in [0, 0.05) is 11.9 Å². The Bertz CT molecular complexity index is 770. The van der Waals surface area contributed by atoms with E-state index in [2.05, 4.69) is 6.92 Å². The van der Waals surface area contributed by atoms with Crippen LogP contribution in [0.3, 0.4) is 0 Å². The highest BCUT2D eigenvalue weighted by molar-refractivity contribution is 7.90. The van der Waals surface area contributed by atoms with Gasteiger partial charge in [0.15, 0.2) is 0 Å². The quantitative estimate of drug-likeness (QED) is 0.847. The Morgan fingerprint density at radius 2 is 1.81 bits per heavy atom. The van der Waals surface area contributed by atoms with Crippen LogP contribution in [0.15, 0.2) is 35.4 Å². The van der Waals surface area contributed by atoms with Gasteiger partial charge < -0.3 is 0 Å². The molecule has 0 N–H and O–H groups in total. The zero-order chi connectivity index (χ0) is 15.2. The molecule has 0 unspecified atom stereocenters. The van der Waals surface area contributed by atoms with Gasteiger partial charge in [0.1, 0.15) is 0 Å². The second kappa shape index (κ2) is 5.02. The summed E-state index contributed by atoms with van der Waals surface area (Å²) in [4.78, 5) is 0.358. The molecule has 112 valence electrons. The zero-order valence-corrected chi connectivity index (χ0v) is 13.6. The third-order valence-electron chi connectivity index (χ3n) is 4.54. The Morgan fingerprint density at radius 3 is 2.43 bits per heavy atom. The molecule has 4 heteroatoms. The van der Waals surface area contributed by atoms with Crippen molar-refractivity contribution in [3.8, 4) is 0 Å². The summed E-state index contributed by atoms with van der Waals surface area (Å²) in [6.45, 7) is 6.06. The van der Waals surface area contributed by atoms with Gasteiger partial charge in [-0.05, 0) is 62.3 Å². The monoisotopic (exact) mass is 303 g/mol. The number of hydrogen-bond acceptors (Lipinski definition) is 2. The summed E-state index contributed by atoms with van der Waals surface area (Å²) in [6, 6.07) is 7.06. The van der Waals surface area contributed by atoms with Gasteiger partial charge in [0.2, 0.25) is 0 Å². The summed E-state index contributed by atoms with van der Waals surface area (Å²) >= 11 is 0. The molecule has 1 atom stereocenters. The number of rotatable bonds is 2. The topological polar surface area (TPSA) is 39.1 Å². The van der Waals surface area contributed by atoms with E-state index in [1.807, 2.05) is 32.2 Å². The lowest BCUT2D eigenvalue weighted by molar-refractivity contribution is 0.586. The summed E-state index contributed by atoms with van der Waals surface area (Å²) in [5.41, 5.74) is 4.36. The van der Waals surface area contributed by atoms with Crippen LogP contribution in [0, 0.1) is 13.8 Å². The molecule has 21 heavy (non-hydrogen) atoms. The van der Waals surface area contributed by atoms with Crippen LogP contribution < -0.4 is 0 Å². The maximum absolute atomic E-state index is 12.9. The first-order chi connectivity index (χ1) is 9.91. The molecule has 1 aromatic heterocycles. The van der Waals surface area contributed by atoms with Crippen molar-refractivity contribution in [3.63, 3.8) is 0 Å². The van der Waals surface area contributed by atoms with Crippen molar-refractivity contribution in [2.45, 2.75) is 50.8 Å². The van der Waals surface area contributed by atoms with Crippen molar-refractivity contribution in [1.82, 2.24) is 3.97 Å². The first-order valence-corrected chi connectivity index (χ1v) is 8.88. The molecule has 0 radical (unpaired) electrons. The molecule has 1 aliphatic carbocycles. The van der Waals surface area contributed by atoms with Gasteiger partial charge >= 0.3 is 0 Å². The Balaban J connectivity index is 2.14. The van der Waals surface area contributed by atoms with E-state index in [1.54, 1.807) is 12.1 Å². The largest absolute Gasteiger partial charge is 0.267 e. The molecule has 0 saturated carbocycles. The normalized spacial score (nSPS) is 18.5. The fraction of sp³-hybridized carbons (Fsp3) is 0.412. The molecule has 0 bridgehead atoms. The Hall–Kier alpha value is -1.55. The average Bonchev–Trinajstić information content (AvgIpc) is 2.79. The highest BCUT2D eigenvalue weighted by atomic mass is 32.2. The van der Waals surface area contributed by atoms with Crippen LogP contribution in [0.5, 0.6) is 0 Å². The highest BCUT2D eigenvalue weighted by Crippen LogP contribution is 2.35. The predicted octanol–water partition coefficient (Wildman–Crippen LogP) is 3.78. The molecular weight excluding hydrogens is 282 g/mol. The summed E-state index contributed by atoms with van der Waals surface area (Å²) in [5, 5.41) is 0. The molecule has 0 amide bonds. The smallest absolute Gasteiger partial charge is 0.246 e. The Labute approximate surface area is 126 Å². The molecule has 1 heterocycles. The van der Waals surface area contributed by atoms with E-state index in [0.29, 0.717) is 10.8 Å². The lowest BCUT2D eigenvalue weighted by Gasteiger charge is -2.18. The number of benzene rings is 1. The van der Waals surface area contributed by atoms with Gasteiger partial charge in [-0.3, -0.25) is 0 Å². The lowest BCUT2D eigenvalue weighted by Crippen LogP contribution is -2.13. The van der Waals surface area contributed by atoms with Gasteiger partial charge in [-0.25, -0.2) is 12.4 Å². The summed E-state index contributed by atoms with van der Waals surface area (Å²) < 4.78 is 27.2. The third kappa shape index (κ3) is 2.31. The fourth-order valence-corrected chi connectivity index (χ4v) is 4.64. The molecule has 2 aromatic rings. The highest BCUT2D eigenvalue weighted by Gasteiger charge is 2.26. The summed E-state index contributed by atoms with van der Waals surface area (Å²) in [7, 11) is -3.49. The fourth-order valence-electron chi connectivity index (χ4n) is 3.21. The van der Waals surface area contributed by atoms with Crippen molar-refractivity contribution < 1.29 is 8.42 Å². The zero-order valence-electron chi connectivity index (χ0n) is 12.8. The third-order valence-corrected chi connectivity index (χ3v) is 6.31. The molecule has 1 aromatic carbocycles. The van der Waals surface area contributed by atoms with E-state index in [-0.39, 0.29) is 0 Å². The van der Waals surface area contributed by atoms with Crippen molar-refractivity contribution in [2.24, 2.45) is 0 Å². The van der Waals surface area contributed by atoms with Gasteiger partial charge in [0.05, 0.1) is 4.90 Å². The van der Waals surface area contributed by atoms with Gasteiger partial charge in [-0.15, -0.1) is 0 Å². The Morgan fingerprint density at radius 1 is 1.14 bits per heavy atom. The maximum atomic E-state index is 12.9. The SMILES string of the molecule is Cc1ccc(S(=O)(=O)n2cc3c(c2C)CCC[C@H]3C)cc1. The van der Waals surface area contributed by atoms with Crippen LogP contribution >= 0.6 is 0 Å². The second-order valence-electron chi connectivity index (χ2n) is 6.06. The minimum atomic E-state index is -3.49. The van der Waals surface area contributed by atoms with E-state index in [9.17, 15) is 8.42 Å². The van der Waals surface area contributed by atoms with Crippen LogP contribution in [0.2, 0.25) is 0 Å². The van der Waals surface area contributed by atoms with Crippen molar-refractivity contribution in [1.29, 1.82) is 0 Å². The van der Waals surface area contributed by atoms with Crippen molar-refractivity contribution in [2.75, 3.05) is 0 Å². The molecular formula is C17H21NO2S. The summed E-state index contributed by atoms with van der Waals surface area (Å²) in [5.74, 6) is 0.446. The molecule has 1 aliphatic rings. The minimum absolute atomic E-state index is 0.358. The lowest BCUT2D eigenvalue weighted by atomic mass is 9.86. The molecule has 0 saturated heterocycles. The number of nitrogens with zero attached hydrogens (tertiary/aromatic N) is 1. The van der Waals surface area contributed by atoms with E-state index in [1.165, 1.54) is 15.1 Å². The first-order valence-electron chi connectivity index (χ1n) is 7.44. The summed E-state index contributed by atoms with van der Waals surface area (Å²) in [6.07, 6.45) is 5.11. The predicted molar refractivity (Wildman–Crippen MR) is 84.3 cm³/mol. The molecule has 0 fully saturated rings. The standard InChI is InChI=1S/C17H21NO2S/c1-12-7-9-15(10-8-12)21(19,20)18-11-17-13(2)5-4-6-16(17)14(18)3/h7-11,13H,4-6H2,1-3H3/t13-/m1/s1. The van der Waals surface area contributed by atoms with Crippen LogP contribution in [-0.4, -0.2) is 12.4 Å². The maximum Gasteiger partial charge on any atom is 0.267 e. The number of aromatic nitrogens is 1. The average molecular weight is 303 g/mol. The van der Waals surface area contributed by atoms with Gasteiger partial charge in [0.25, 0.3) is 10.0 Å². The number of hydrogen-bond donors (Lipinski definition) is 0. The van der Waals surface area contributed by atoms with Crippen molar-refractivity contribution >= 4 is 10.0 Å². The molecule has 0 aliphatic heterocycles. The van der Waals surface area contributed by atoms with Gasteiger partial charge in [-0.2, -0.15) is 0 Å². The van der Waals surface area contributed by atoms with Crippen LogP contribution in [-0.2, 0) is 16.4 Å². The van der Waals surface area contributed by atoms with E-state index < -0.39 is 10.0 Å². The van der Waals surface area contributed by atoms with Crippen molar-refractivity contribution in [3.05, 3.63) is 52.8 Å². The molecule has 3 nitrogen and oxygen atoms in total. The molecule has 0 spiro atoms. The van der Waals surface area contributed by atoms with E-state index in [4.69, 9.17) is 0 Å². The molecule has 3 rings (SSSR count). The Kier molecular flexibility index (Phi) is 3.44. The number of aryl methyl sites for hydroxylation is 1. The van der Waals surface area contributed by atoms with Crippen LogP contribution in [0.25, 0.3) is 0 Å². The number of fused-ring (bicyclic) bond motifs is 1.